The molecule has 0 amide bonds. The van der Waals surface area contributed by atoms with E-state index < -0.39 is 11.4 Å². The first-order valence-electron chi connectivity index (χ1n) is 5.59. The summed E-state index contributed by atoms with van der Waals surface area (Å²) in [5.74, 6) is 4.07. The zero-order valence-corrected chi connectivity index (χ0v) is 10.7. The molecule has 0 aliphatic carbocycles. The van der Waals surface area contributed by atoms with Crippen LogP contribution < -0.4 is 0 Å². The molecule has 1 N–H and O–H groups in total. The van der Waals surface area contributed by atoms with E-state index in [2.05, 4.69) is 32.6 Å². The Hall–Kier alpha value is -1.75. The maximum atomic E-state index is 10.6. The van der Waals surface area contributed by atoms with Gasteiger partial charge in [-0.1, -0.05) is 57.0 Å². The van der Waals surface area contributed by atoms with E-state index >= 15 is 0 Å². The van der Waals surface area contributed by atoms with E-state index in [1.807, 2.05) is 37.3 Å². The van der Waals surface area contributed by atoms with E-state index in [1.54, 1.807) is 0 Å². The molecule has 0 spiro atoms. The summed E-state index contributed by atoms with van der Waals surface area (Å²) in [6.07, 6.45) is 0. The average Bonchev–Trinajstić information content (AvgIpc) is 2.25. The van der Waals surface area contributed by atoms with Gasteiger partial charge in [-0.2, -0.15) is 0 Å². The highest BCUT2D eigenvalue weighted by Crippen LogP contribution is 2.40. The van der Waals surface area contributed by atoms with Crippen LogP contribution in [0.3, 0.4) is 0 Å². The number of hydrogen-bond acceptors (Lipinski definition) is 1. The van der Waals surface area contributed by atoms with Gasteiger partial charge in [0.15, 0.2) is 0 Å². The highest BCUT2D eigenvalue weighted by molar-refractivity contribution is 5.86. The molecular weight excluding hydrogens is 212 g/mol. The van der Waals surface area contributed by atoms with Crippen LogP contribution in [-0.4, -0.2) is 11.1 Å². The predicted molar refractivity (Wildman–Crippen MR) is 68.7 cm³/mol. The molecule has 0 unspecified atom stereocenters. The van der Waals surface area contributed by atoms with Crippen molar-refractivity contribution in [3.63, 3.8) is 0 Å². The minimum Gasteiger partial charge on any atom is -0.472 e. The summed E-state index contributed by atoms with van der Waals surface area (Å²) in [5, 5.41) is 8.72. The number of rotatable bonds is 1. The zero-order valence-electron chi connectivity index (χ0n) is 10.7. The van der Waals surface area contributed by atoms with Crippen molar-refractivity contribution in [2.45, 2.75) is 33.1 Å². The Labute approximate surface area is 103 Å². The van der Waals surface area contributed by atoms with E-state index in [0.717, 1.165) is 5.56 Å². The van der Waals surface area contributed by atoms with Crippen molar-refractivity contribution in [2.24, 2.45) is 5.41 Å². The summed E-state index contributed by atoms with van der Waals surface area (Å²) in [4.78, 5) is 10.6. The summed E-state index contributed by atoms with van der Waals surface area (Å²) in [6.45, 7) is 8.18. The van der Waals surface area contributed by atoms with E-state index in [1.165, 1.54) is 0 Å². The van der Waals surface area contributed by atoms with Crippen LogP contribution in [0, 0.1) is 17.3 Å². The number of benzene rings is 1. The lowest BCUT2D eigenvalue weighted by Gasteiger charge is -2.38. The smallest absolute Gasteiger partial charge is 0.381 e. The van der Waals surface area contributed by atoms with Gasteiger partial charge in [-0.05, 0) is 17.9 Å². The lowest BCUT2D eigenvalue weighted by atomic mass is 9.64. The fraction of sp³-hybridized carbons (Fsp3) is 0.400. The SMILES string of the molecule is CC(C)(C)[C@](C)(C#CC(=O)O)c1ccccc1. The average molecular weight is 230 g/mol. The number of aliphatic carboxylic acids is 1. The Balaban J connectivity index is 3.33. The van der Waals surface area contributed by atoms with Crippen molar-refractivity contribution in [3.05, 3.63) is 35.9 Å². The third-order valence-electron chi connectivity index (χ3n) is 3.27. The monoisotopic (exact) mass is 230 g/mol. The van der Waals surface area contributed by atoms with Crippen LogP contribution in [0.25, 0.3) is 0 Å². The molecule has 2 heteroatoms. The van der Waals surface area contributed by atoms with Crippen molar-refractivity contribution in [2.75, 3.05) is 0 Å². The van der Waals surface area contributed by atoms with Gasteiger partial charge < -0.3 is 5.11 Å². The molecule has 1 atom stereocenters. The van der Waals surface area contributed by atoms with Gasteiger partial charge in [0.25, 0.3) is 0 Å². The molecule has 0 aliphatic rings. The Morgan fingerprint density at radius 2 is 1.65 bits per heavy atom. The molecule has 0 heterocycles. The fourth-order valence-electron chi connectivity index (χ4n) is 1.64. The Kier molecular flexibility index (Phi) is 3.63. The Morgan fingerprint density at radius 1 is 1.12 bits per heavy atom. The summed E-state index contributed by atoms with van der Waals surface area (Å²) in [7, 11) is 0. The maximum absolute atomic E-state index is 10.6. The molecule has 1 rings (SSSR count). The molecule has 90 valence electrons. The summed E-state index contributed by atoms with van der Waals surface area (Å²) >= 11 is 0. The minimum atomic E-state index is -1.09. The van der Waals surface area contributed by atoms with Gasteiger partial charge in [0.2, 0.25) is 0 Å². The molecule has 0 saturated carbocycles. The largest absolute Gasteiger partial charge is 0.472 e. The Bertz CT molecular complexity index is 457. The van der Waals surface area contributed by atoms with Gasteiger partial charge in [-0.3, -0.25) is 0 Å². The third-order valence-corrected chi connectivity index (χ3v) is 3.27. The molecule has 0 fully saturated rings. The second-order valence-corrected chi connectivity index (χ2v) is 5.30. The van der Waals surface area contributed by atoms with Crippen molar-refractivity contribution in [1.29, 1.82) is 0 Å². The van der Waals surface area contributed by atoms with Gasteiger partial charge in [0.1, 0.15) is 0 Å². The van der Waals surface area contributed by atoms with Gasteiger partial charge >= 0.3 is 5.97 Å². The summed E-state index contributed by atoms with van der Waals surface area (Å²) < 4.78 is 0. The van der Waals surface area contributed by atoms with Gasteiger partial charge in [0, 0.05) is 5.92 Å². The summed E-state index contributed by atoms with van der Waals surface area (Å²) in [5.41, 5.74) is 0.421. The first-order valence-corrected chi connectivity index (χ1v) is 5.59. The maximum Gasteiger partial charge on any atom is 0.381 e. The molecule has 0 aromatic heterocycles. The van der Waals surface area contributed by atoms with Crippen molar-refractivity contribution in [1.82, 2.24) is 0 Å². The van der Waals surface area contributed by atoms with E-state index in [4.69, 9.17) is 5.11 Å². The predicted octanol–water partition coefficient (Wildman–Crippen LogP) is 3.08. The van der Waals surface area contributed by atoms with Crippen molar-refractivity contribution in [3.8, 4) is 11.8 Å². The molecule has 0 aliphatic heterocycles. The van der Waals surface area contributed by atoms with Crippen LogP contribution in [0.1, 0.15) is 33.3 Å². The number of carbonyl (C=O) groups is 1. The Morgan fingerprint density at radius 3 is 2.06 bits per heavy atom. The molecule has 1 aromatic carbocycles. The van der Waals surface area contributed by atoms with Crippen LogP contribution in [0.2, 0.25) is 0 Å². The quantitative estimate of drug-likeness (QED) is 0.753. The molecule has 0 saturated heterocycles. The molecule has 2 nitrogen and oxygen atoms in total. The highest BCUT2D eigenvalue weighted by atomic mass is 16.4. The number of carboxylic acids is 1. The normalized spacial score (nSPS) is 14.4. The van der Waals surface area contributed by atoms with Gasteiger partial charge in [-0.25, -0.2) is 4.79 Å². The second kappa shape index (κ2) is 4.63. The highest BCUT2D eigenvalue weighted by Gasteiger charge is 2.37. The van der Waals surface area contributed by atoms with Crippen LogP contribution in [0.5, 0.6) is 0 Å². The van der Waals surface area contributed by atoms with E-state index in [0.29, 0.717) is 0 Å². The molecule has 1 aromatic rings. The van der Waals surface area contributed by atoms with Crippen molar-refractivity contribution < 1.29 is 9.90 Å². The lowest BCUT2D eigenvalue weighted by molar-refractivity contribution is -0.130. The van der Waals surface area contributed by atoms with Crippen LogP contribution in [0.15, 0.2) is 30.3 Å². The zero-order chi connectivity index (χ0) is 13.1. The van der Waals surface area contributed by atoms with Crippen LogP contribution >= 0.6 is 0 Å². The third kappa shape index (κ3) is 2.88. The topological polar surface area (TPSA) is 37.3 Å². The van der Waals surface area contributed by atoms with Gasteiger partial charge in [-0.15, -0.1) is 0 Å². The minimum absolute atomic E-state index is 0.142. The van der Waals surface area contributed by atoms with Crippen molar-refractivity contribution >= 4 is 5.97 Å². The standard InChI is InChI=1S/C15H18O2/c1-14(2,3)15(4,11-10-13(16)17)12-8-6-5-7-9-12/h5-9H,1-4H3,(H,16,17)/t15-/m1/s1. The molecular formula is C15H18O2. The lowest BCUT2D eigenvalue weighted by Crippen LogP contribution is -2.36. The first kappa shape index (κ1) is 13.3. The van der Waals surface area contributed by atoms with Crippen LogP contribution in [-0.2, 0) is 10.2 Å². The second-order valence-electron chi connectivity index (χ2n) is 5.30. The van der Waals surface area contributed by atoms with E-state index in [-0.39, 0.29) is 5.41 Å². The number of carboxylic acid groups (broad SMARTS) is 1. The molecule has 0 radical (unpaired) electrons. The van der Waals surface area contributed by atoms with Crippen LogP contribution in [0.4, 0.5) is 0 Å². The summed E-state index contributed by atoms with van der Waals surface area (Å²) in [6, 6.07) is 9.81. The number of hydrogen-bond donors (Lipinski definition) is 1. The van der Waals surface area contributed by atoms with E-state index in [9.17, 15) is 4.79 Å². The fourth-order valence-corrected chi connectivity index (χ4v) is 1.64. The first-order chi connectivity index (χ1) is 7.77. The van der Waals surface area contributed by atoms with Gasteiger partial charge in [0.05, 0.1) is 5.41 Å². The molecule has 0 bridgehead atoms. The molecule has 17 heavy (non-hydrogen) atoms.